The Morgan fingerprint density at radius 3 is 1.85 bits per heavy atom. The van der Waals surface area contributed by atoms with Gasteiger partial charge in [0, 0.05) is 19.1 Å². The number of unbranched alkanes of at least 4 members (excludes halogenated alkanes) is 5. The lowest BCUT2D eigenvalue weighted by Gasteiger charge is -2.09. The molecule has 0 aliphatic carbocycles. The highest BCUT2D eigenvalue weighted by Gasteiger charge is 1.99. The van der Waals surface area contributed by atoms with Gasteiger partial charge in [0.05, 0.1) is 13.2 Å². The smallest absolute Gasteiger partial charge is 0.0555 e. The summed E-state index contributed by atoms with van der Waals surface area (Å²) in [5.41, 5.74) is 5.93. The first-order valence-corrected chi connectivity index (χ1v) is 8.40. The Bertz CT molecular complexity index is 153. The molecule has 0 rings (SSSR count). The second-order valence-electron chi connectivity index (χ2n) is 5.30. The van der Waals surface area contributed by atoms with Gasteiger partial charge < -0.3 is 21.3 Å². The first kappa shape index (κ1) is 22.1. The van der Waals surface area contributed by atoms with Gasteiger partial charge in [0.1, 0.15) is 0 Å². The highest BCUT2D eigenvalue weighted by molar-refractivity contribution is 4.59. The van der Waals surface area contributed by atoms with E-state index in [0.29, 0.717) is 19.1 Å². The minimum atomic E-state index is 0.139. The molecule has 0 aromatic rings. The van der Waals surface area contributed by atoms with Crippen LogP contribution in [0.25, 0.3) is 0 Å². The van der Waals surface area contributed by atoms with E-state index >= 15 is 0 Å². The number of nitrogens with two attached hydrogens (primary N) is 1. The molecule has 20 heavy (non-hydrogen) atoms. The molecule has 1 unspecified atom stereocenters. The molecule has 0 aromatic heterocycles. The lowest BCUT2D eigenvalue weighted by atomic mass is 10.0. The standard InChI is InChI=1S/C12H27N.C4H11NO2/c1-3-5-6-7-8-9-11-12(13)10-4-2;6-3-1-5-2-4-7/h12H,3-11,13H2,1-2H3;5-7H,1-4H2. The van der Waals surface area contributed by atoms with Crippen LogP contribution in [-0.2, 0) is 0 Å². The Labute approximate surface area is 126 Å². The van der Waals surface area contributed by atoms with Crippen LogP contribution in [0.2, 0.25) is 0 Å². The fraction of sp³-hybridized carbons (Fsp3) is 1.00. The number of aliphatic hydroxyl groups is 2. The number of hydrogen-bond donors (Lipinski definition) is 4. The van der Waals surface area contributed by atoms with Crippen molar-refractivity contribution < 1.29 is 10.2 Å². The van der Waals surface area contributed by atoms with E-state index < -0.39 is 0 Å². The molecular formula is C16H38N2O2. The van der Waals surface area contributed by atoms with Crippen LogP contribution < -0.4 is 11.1 Å². The number of rotatable bonds is 13. The fourth-order valence-corrected chi connectivity index (χ4v) is 1.99. The maximum atomic E-state index is 8.15. The van der Waals surface area contributed by atoms with Gasteiger partial charge in [-0.2, -0.15) is 0 Å². The van der Waals surface area contributed by atoms with Gasteiger partial charge in [-0.3, -0.25) is 0 Å². The van der Waals surface area contributed by atoms with Crippen LogP contribution in [-0.4, -0.2) is 42.6 Å². The molecule has 1 atom stereocenters. The van der Waals surface area contributed by atoms with E-state index in [4.69, 9.17) is 15.9 Å². The van der Waals surface area contributed by atoms with Crippen LogP contribution >= 0.6 is 0 Å². The molecule has 4 nitrogen and oxygen atoms in total. The van der Waals surface area contributed by atoms with E-state index in [0.717, 1.165) is 0 Å². The molecule has 0 saturated carbocycles. The average Bonchev–Trinajstić information content (AvgIpc) is 2.44. The summed E-state index contributed by atoms with van der Waals surface area (Å²) in [4.78, 5) is 0. The van der Waals surface area contributed by atoms with Gasteiger partial charge in [-0.15, -0.1) is 0 Å². The molecule has 0 radical (unpaired) electrons. The molecule has 124 valence electrons. The third-order valence-corrected chi connectivity index (χ3v) is 3.17. The Balaban J connectivity index is 0. The highest BCUT2D eigenvalue weighted by Crippen LogP contribution is 2.09. The number of hydrogen-bond acceptors (Lipinski definition) is 4. The molecule has 0 bridgehead atoms. The van der Waals surface area contributed by atoms with E-state index in [9.17, 15) is 0 Å². The summed E-state index contributed by atoms with van der Waals surface area (Å²) >= 11 is 0. The minimum Gasteiger partial charge on any atom is -0.395 e. The summed E-state index contributed by atoms with van der Waals surface area (Å²) in [6, 6.07) is 0.469. The van der Waals surface area contributed by atoms with Gasteiger partial charge in [-0.1, -0.05) is 58.8 Å². The number of nitrogens with one attached hydrogen (secondary N) is 1. The molecule has 0 heterocycles. The quantitative estimate of drug-likeness (QED) is 0.393. The molecule has 0 spiro atoms. The normalized spacial score (nSPS) is 11.8. The molecule has 0 saturated heterocycles. The van der Waals surface area contributed by atoms with Crippen LogP contribution in [0.5, 0.6) is 0 Å². The second kappa shape index (κ2) is 21.1. The lowest BCUT2D eigenvalue weighted by Crippen LogP contribution is -2.21. The zero-order chi connectivity index (χ0) is 15.5. The van der Waals surface area contributed by atoms with E-state index in [1.54, 1.807) is 0 Å². The molecule has 5 N–H and O–H groups in total. The van der Waals surface area contributed by atoms with E-state index in [1.807, 2.05) is 0 Å². The van der Waals surface area contributed by atoms with Crippen LogP contribution in [0.15, 0.2) is 0 Å². The molecule has 0 fully saturated rings. The van der Waals surface area contributed by atoms with E-state index in [1.165, 1.54) is 57.8 Å². The Morgan fingerprint density at radius 1 is 0.800 bits per heavy atom. The highest BCUT2D eigenvalue weighted by atomic mass is 16.3. The van der Waals surface area contributed by atoms with Crippen LogP contribution in [0.1, 0.15) is 71.6 Å². The molecule has 0 aromatic carbocycles. The SMILES string of the molecule is CCCCCCCCC(N)CCC.OCCNCCO. The third-order valence-electron chi connectivity index (χ3n) is 3.17. The lowest BCUT2D eigenvalue weighted by molar-refractivity contribution is 0.267. The van der Waals surface area contributed by atoms with Gasteiger partial charge in [0.15, 0.2) is 0 Å². The molecule has 4 heteroatoms. The fourth-order valence-electron chi connectivity index (χ4n) is 1.99. The van der Waals surface area contributed by atoms with Gasteiger partial charge in [-0.25, -0.2) is 0 Å². The van der Waals surface area contributed by atoms with Gasteiger partial charge in [0.2, 0.25) is 0 Å². The van der Waals surface area contributed by atoms with Crippen molar-refractivity contribution in [1.82, 2.24) is 5.32 Å². The van der Waals surface area contributed by atoms with Crippen molar-refractivity contribution in [1.29, 1.82) is 0 Å². The van der Waals surface area contributed by atoms with Crippen LogP contribution in [0.3, 0.4) is 0 Å². The van der Waals surface area contributed by atoms with Crippen molar-refractivity contribution in [3.05, 3.63) is 0 Å². The zero-order valence-corrected chi connectivity index (χ0v) is 13.7. The minimum absolute atomic E-state index is 0.139. The zero-order valence-electron chi connectivity index (χ0n) is 13.7. The van der Waals surface area contributed by atoms with Gasteiger partial charge >= 0.3 is 0 Å². The largest absolute Gasteiger partial charge is 0.395 e. The first-order chi connectivity index (χ1) is 9.72. The van der Waals surface area contributed by atoms with Crippen molar-refractivity contribution in [2.24, 2.45) is 5.73 Å². The third kappa shape index (κ3) is 23.0. The predicted molar refractivity (Wildman–Crippen MR) is 87.9 cm³/mol. The van der Waals surface area contributed by atoms with Gasteiger partial charge in [0.25, 0.3) is 0 Å². The summed E-state index contributed by atoms with van der Waals surface area (Å²) in [7, 11) is 0. The van der Waals surface area contributed by atoms with E-state index in [-0.39, 0.29) is 13.2 Å². The molecular weight excluding hydrogens is 252 g/mol. The summed E-state index contributed by atoms with van der Waals surface area (Å²) in [5.74, 6) is 0. The number of aliphatic hydroxyl groups excluding tert-OH is 2. The van der Waals surface area contributed by atoms with Crippen molar-refractivity contribution in [3.8, 4) is 0 Å². The molecule has 0 aliphatic heterocycles. The second-order valence-corrected chi connectivity index (χ2v) is 5.30. The van der Waals surface area contributed by atoms with Crippen LogP contribution in [0, 0.1) is 0 Å². The summed E-state index contributed by atoms with van der Waals surface area (Å²) in [6.07, 6.45) is 12.0. The maximum Gasteiger partial charge on any atom is 0.0555 e. The molecule has 0 aliphatic rings. The average molecular weight is 290 g/mol. The summed E-state index contributed by atoms with van der Waals surface area (Å²) < 4.78 is 0. The van der Waals surface area contributed by atoms with Crippen molar-refractivity contribution in [2.75, 3.05) is 26.3 Å². The van der Waals surface area contributed by atoms with E-state index in [2.05, 4.69) is 19.2 Å². The Morgan fingerprint density at radius 2 is 1.35 bits per heavy atom. The Kier molecular flexibility index (Phi) is 23.4. The predicted octanol–water partition coefficient (Wildman–Crippen LogP) is 2.43. The molecule has 0 amide bonds. The Hall–Kier alpha value is -0.160. The summed E-state index contributed by atoms with van der Waals surface area (Å²) in [5, 5.41) is 19.1. The topological polar surface area (TPSA) is 78.5 Å². The van der Waals surface area contributed by atoms with Crippen molar-refractivity contribution in [2.45, 2.75) is 77.7 Å². The van der Waals surface area contributed by atoms with Gasteiger partial charge in [-0.05, 0) is 12.8 Å². The van der Waals surface area contributed by atoms with Crippen LogP contribution in [0.4, 0.5) is 0 Å². The monoisotopic (exact) mass is 290 g/mol. The van der Waals surface area contributed by atoms with Crippen molar-refractivity contribution >= 4 is 0 Å². The van der Waals surface area contributed by atoms with Crippen molar-refractivity contribution in [3.63, 3.8) is 0 Å². The first-order valence-electron chi connectivity index (χ1n) is 8.40. The summed E-state index contributed by atoms with van der Waals surface area (Å²) in [6.45, 7) is 5.89. The maximum absolute atomic E-state index is 8.15.